The molecule has 1 aliphatic heterocycles. The lowest BCUT2D eigenvalue weighted by atomic mass is 10.1. The maximum Gasteiger partial charge on any atom is 0.305 e. The van der Waals surface area contributed by atoms with Crippen LogP contribution >= 0.6 is 0 Å². The predicted molar refractivity (Wildman–Crippen MR) is 75.9 cm³/mol. The summed E-state index contributed by atoms with van der Waals surface area (Å²) in [5.74, 6) is -0.180. The summed E-state index contributed by atoms with van der Waals surface area (Å²) in [7, 11) is 0. The number of nitrogens with zero attached hydrogens (tertiary/aromatic N) is 1. The molecule has 6 heteroatoms. The predicted octanol–water partition coefficient (Wildman–Crippen LogP) is 1.78. The molecule has 0 aliphatic carbocycles. The number of carboxylic acid groups (broad SMARTS) is 1. The molecule has 1 atom stereocenters. The quantitative estimate of drug-likeness (QED) is 0.895. The first kappa shape index (κ1) is 15.2. The van der Waals surface area contributed by atoms with Crippen molar-refractivity contribution in [2.75, 3.05) is 19.8 Å². The summed E-state index contributed by atoms with van der Waals surface area (Å²) in [6.45, 7) is 4.83. The van der Waals surface area contributed by atoms with Crippen molar-refractivity contribution in [3.05, 3.63) is 23.8 Å². The van der Waals surface area contributed by atoms with Crippen molar-refractivity contribution in [1.29, 1.82) is 0 Å². The summed E-state index contributed by atoms with van der Waals surface area (Å²) in [4.78, 5) is 25.0. The van der Waals surface area contributed by atoms with Crippen LogP contribution in [0.1, 0.15) is 30.6 Å². The zero-order chi connectivity index (χ0) is 15.4. The minimum Gasteiger partial charge on any atom is -0.486 e. The molecule has 1 heterocycles. The molecule has 1 aromatic rings. The van der Waals surface area contributed by atoms with Gasteiger partial charge in [0.2, 0.25) is 0 Å². The third-order valence-corrected chi connectivity index (χ3v) is 3.40. The van der Waals surface area contributed by atoms with Gasteiger partial charge in [-0.2, -0.15) is 0 Å². The molecule has 114 valence electrons. The molecule has 0 bridgehead atoms. The van der Waals surface area contributed by atoms with Crippen molar-refractivity contribution in [1.82, 2.24) is 4.90 Å². The first-order chi connectivity index (χ1) is 10.0. The highest BCUT2D eigenvalue weighted by atomic mass is 16.6. The molecular weight excluding hydrogens is 274 g/mol. The number of ether oxygens (including phenoxy) is 2. The average Bonchev–Trinajstić information content (AvgIpc) is 2.46. The van der Waals surface area contributed by atoms with Crippen LogP contribution in [0, 0.1) is 0 Å². The van der Waals surface area contributed by atoms with E-state index in [-0.39, 0.29) is 18.4 Å². The number of hydrogen-bond acceptors (Lipinski definition) is 4. The highest BCUT2D eigenvalue weighted by molar-refractivity contribution is 5.98. The second kappa shape index (κ2) is 6.47. The van der Waals surface area contributed by atoms with Crippen LogP contribution in [0.25, 0.3) is 0 Å². The molecule has 0 saturated heterocycles. The number of amides is 1. The van der Waals surface area contributed by atoms with Gasteiger partial charge in [-0.05, 0) is 26.0 Å². The first-order valence-corrected chi connectivity index (χ1v) is 6.96. The fourth-order valence-corrected chi connectivity index (χ4v) is 2.42. The van der Waals surface area contributed by atoms with E-state index in [1.54, 1.807) is 25.1 Å². The van der Waals surface area contributed by atoms with Crippen LogP contribution in [0.5, 0.6) is 11.5 Å². The van der Waals surface area contributed by atoms with Gasteiger partial charge in [-0.3, -0.25) is 9.59 Å². The van der Waals surface area contributed by atoms with Crippen LogP contribution < -0.4 is 9.47 Å². The fraction of sp³-hybridized carbons (Fsp3) is 0.467. The molecule has 0 saturated carbocycles. The van der Waals surface area contributed by atoms with Gasteiger partial charge in [0, 0.05) is 12.6 Å². The van der Waals surface area contributed by atoms with E-state index in [4.69, 9.17) is 14.6 Å². The standard InChI is InChI=1S/C15H19NO5/c1-3-16(10(2)9-13(17)18)15(19)11-5-4-6-12-14(11)21-8-7-20-12/h4-6,10H,3,7-9H2,1-2H3,(H,17,18). The summed E-state index contributed by atoms with van der Waals surface area (Å²) in [6.07, 6.45) is -0.0913. The van der Waals surface area contributed by atoms with Crippen molar-refractivity contribution in [2.45, 2.75) is 26.3 Å². The fourth-order valence-electron chi connectivity index (χ4n) is 2.42. The monoisotopic (exact) mass is 293 g/mol. The van der Waals surface area contributed by atoms with Crippen molar-refractivity contribution in [2.24, 2.45) is 0 Å². The van der Waals surface area contributed by atoms with Gasteiger partial charge in [-0.1, -0.05) is 6.07 Å². The third-order valence-electron chi connectivity index (χ3n) is 3.40. The van der Waals surface area contributed by atoms with E-state index in [2.05, 4.69) is 0 Å². The molecule has 0 fully saturated rings. The number of fused-ring (bicyclic) bond motifs is 1. The van der Waals surface area contributed by atoms with E-state index >= 15 is 0 Å². The summed E-state index contributed by atoms with van der Waals surface area (Å²) in [5.41, 5.74) is 0.409. The van der Waals surface area contributed by atoms with E-state index in [1.807, 2.05) is 6.92 Å². The van der Waals surface area contributed by atoms with Crippen molar-refractivity contribution in [3.8, 4) is 11.5 Å². The van der Waals surface area contributed by atoms with Crippen LogP contribution in [0.4, 0.5) is 0 Å². The Morgan fingerprint density at radius 2 is 2.05 bits per heavy atom. The summed E-state index contributed by atoms with van der Waals surface area (Å²) >= 11 is 0. The van der Waals surface area contributed by atoms with Crippen LogP contribution in [0.2, 0.25) is 0 Å². The Kier molecular flexibility index (Phi) is 4.67. The summed E-state index contributed by atoms with van der Waals surface area (Å²) in [5, 5.41) is 8.89. The van der Waals surface area contributed by atoms with E-state index in [0.717, 1.165) is 0 Å². The second-order valence-electron chi connectivity index (χ2n) is 4.87. The highest BCUT2D eigenvalue weighted by Gasteiger charge is 2.27. The number of carbonyl (C=O) groups is 2. The zero-order valence-corrected chi connectivity index (χ0v) is 12.2. The molecular formula is C15H19NO5. The molecule has 6 nitrogen and oxygen atoms in total. The van der Waals surface area contributed by atoms with E-state index in [0.29, 0.717) is 36.8 Å². The molecule has 1 amide bonds. The largest absolute Gasteiger partial charge is 0.486 e. The lowest BCUT2D eigenvalue weighted by molar-refractivity contribution is -0.138. The Morgan fingerprint density at radius 1 is 1.33 bits per heavy atom. The maximum atomic E-state index is 12.7. The molecule has 1 N–H and O–H groups in total. The summed E-state index contributed by atoms with van der Waals surface area (Å²) in [6, 6.07) is 4.77. The number of benzene rings is 1. The van der Waals surface area contributed by atoms with Gasteiger partial charge in [0.25, 0.3) is 5.91 Å². The molecule has 0 spiro atoms. The maximum absolute atomic E-state index is 12.7. The van der Waals surface area contributed by atoms with Gasteiger partial charge < -0.3 is 19.5 Å². The lowest BCUT2D eigenvalue weighted by Crippen LogP contribution is -2.40. The number of para-hydroxylation sites is 1. The smallest absolute Gasteiger partial charge is 0.305 e. The Morgan fingerprint density at radius 3 is 2.71 bits per heavy atom. The number of carbonyl (C=O) groups excluding carboxylic acids is 1. The topological polar surface area (TPSA) is 76.1 Å². The van der Waals surface area contributed by atoms with E-state index < -0.39 is 5.97 Å². The van der Waals surface area contributed by atoms with Crippen LogP contribution in [0.15, 0.2) is 18.2 Å². The molecule has 0 radical (unpaired) electrons. The minimum absolute atomic E-state index is 0.0913. The zero-order valence-electron chi connectivity index (χ0n) is 12.2. The van der Waals surface area contributed by atoms with Crippen molar-refractivity contribution < 1.29 is 24.2 Å². The van der Waals surface area contributed by atoms with Crippen molar-refractivity contribution >= 4 is 11.9 Å². The Labute approximate surface area is 123 Å². The van der Waals surface area contributed by atoms with Gasteiger partial charge in [-0.15, -0.1) is 0 Å². The molecule has 1 unspecified atom stereocenters. The van der Waals surface area contributed by atoms with Crippen molar-refractivity contribution in [3.63, 3.8) is 0 Å². The normalized spacial score (nSPS) is 14.4. The molecule has 1 aliphatic rings. The molecule has 0 aromatic heterocycles. The molecule has 1 aromatic carbocycles. The average molecular weight is 293 g/mol. The highest BCUT2D eigenvalue weighted by Crippen LogP contribution is 2.34. The number of carboxylic acids is 1. The number of rotatable bonds is 5. The van der Waals surface area contributed by atoms with Crippen LogP contribution in [0.3, 0.4) is 0 Å². The Hall–Kier alpha value is -2.24. The van der Waals surface area contributed by atoms with E-state index in [9.17, 15) is 9.59 Å². The van der Waals surface area contributed by atoms with Crippen LogP contribution in [-0.4, -0.2) is 47.7 Å². The Balaban J connectivity index is 2.27. The lowest BCUT2D eigenvalue weighted by Gasteiger charge is -2.29. The van der Waals surface area contributed by atoms with Gasteiger partial charge in [0.1, 0.15) is 13.2 Å². The minimum atomic E-state index is -0.927. The second-order valence-corrected chi connectivity index (χ2v) is 4.87. The van der Waals surface area contributed by atoms with Gasteiger partial charge in [0.15, 0.2) is 11.5 Å². The van der Waals surface area contributed by atoms with Gasteiger partial charge in [0.05, 0.1) is 12.0 Å². The number of hydrogen-bond donors (Lipinski definition) is 1. The number of aliphatic carboxylic acids is 1. The van der Waals surface area contributed by atoms with Gasteiger partial charge in [-0.25, -0.2) is 0 Å². The molecule has 2 rings (SSSR count). The van der Waals surface area contributed by atoms with Gasteiger partial charge >= 0.3 is 5.97 Å². The third kappa shape index (κ3) is 3.26. The SMILES string of the molecule is CCN(C(=O)c1cccc2c1OCCO2)C(C)CC(=O)O. The first-order valence-electron chi connectivity index (χ1n) is 6.96. The Bertz CT molecular complexity index is 543. The van der Waals surface area contributed by atoms with E-state index in [1.165, 1.54) is 4.90 Å². The molecule has 21 heavy (non-hydrogen) atoms. The summed E-state index contributed by atoms with van der Waals surface area (Å²) < 4.78 is 11.0. The van der Waals surface area contributed by atoms with Crippen LogP contribution in [-0.2, 0) is 4.79 Å².